The average Bonchev–Trinajstić information content (AvgIpc) is 2.83. The van der Waals surface area contributed by atoms with E-state index in [1.165, 1.54) is 6.92 Å². The topological polar surface area (TPSA) is 110 Å². The molecular formula is C28H32O6. The summed E-state index contributed by atoms with van der Waals surface area (Å²) >= 11 is 0. The fourth-order valence-corrected chi connectivity index (χ4v) is 5.18. The Bertz CT molecular complexity index is 1060. The minimum Gasteiger partial charge on any atom is -0.391 e. The zero-order chi connectivity index (χ0) is 24.4. The van der Waals surface area contributed by atoms with Gasteiger partial charge in [-0.15, -0.1) is 0 Å². The number of aliphatic hydroxyl groups is 5. The van der Waals surface area contributed by atoms with E-state index in [2.05, 4.69) is 0 Å². The Morgan fingerprint density at radius 2 is 1.06 bits per heavy atom. The third-order valence-corrected chi connectivity index (χ3v) is 6.96. The van der Waals surface area contributed by atoms with E-state index < -0.39 is 35.3 Å². The summed E-state index contributed by atoms with van der Waals surface area (Å²) < 4.78 is 5.70. The number of hydrogen-bond acceptors (Lipinski definition) is 6. The van der Waals surface area contributed by atoms with Gasteiger partial charge in [0.25, 0.3) is 0 Å². The number of aliphatic hydroxyl groups excluding tert-OH is 2. The van der Waals surface area contributed by atoms with E-state index in [0.717, 1.165) is 0 Å². The van der Waals surface area contributed by atoms with E-state index in [0.29, 0.717) is 16.7 Å². The summed E-state index contributed by atoms with van der Waals surface area (Å²) in [5.41, 5.74) is -4.76. The van der Waals surface area contributed by atoms with Gasteiger partial charge in [-0.3, -0.25) is 0 Å². The molecule has 34 heavy (non-hydrogen) atoms. The van der Waals surface area contributed by atoms with E-state index in [9.17, 15) is 25.5 Å². The van der Waals surface area contributed by atoms with E-state index in [-0.39, 0.29) is 19.3 Å². The van der Waals surface area contributed by atoms with Crippen LogP contribution in [0.2, 0.25) is 0 Å². The summed E-state index contributed by atoms with van der Waals surface area (Å²) in [6, 6.07) is 27.0. The molecule has 4 rings (SSSR count). The molecule has 6 atom stereocenters. The molecule has 6 heteroatoms. The van der Waals surface area contributed by atoms with Gasteiger partial charge in [0.2, 0.25) is 0 Å². The van der Waals surface area contributed by atoms with Crippen LogP contribution in [0.1, 0.15) is 23.6 Å². The SMILES string of the molecule is CC(O)[C@@H]1OC(O)[C@](O)(Cc2ccccc2)[C@@](O)(Cc2ccccc2)[C@]1(O)Cc1ccccc1. The highest BCUT2D eigenvalue weighted by atomic mass is 16.6. The first kappa shape index (κ1) is 24.5. The van der Waals surface area contributed by atoms with Crippen LogP contribution in [-0.2, 0) is 24.0 Å². The number of ether oxygens (including phenoxy) is 1. The van der Waals surface area contributed by atoms with Gasteiger partial charge in [0.1, 0.15) is 17.3 Å². The van der Waals surface area contributed by atoms with Gasteiger partial charge < -0.3 is 30.3 Å². The average molecular weight is 465 g/mol. The van der Waals surface area contributed by atoms with Crippen molar-refractivity contribution in [2.75, 3.05) is 0 Å². The van der Waals surface area contributed by atoms with Crippen LogP contribution < -0.4 is 0 Å². The molecule has 0 aromatic heterocycles. The molecule has 0 aliphatic carbocycles. The van der Waals surface area contributed by atoms with Crippen molar-refractivity contribution in [3.8, 4) is 0 Å². The van der Waals surface area contributed by atoms with Gasteiger partial charge in [-0.25, -0.2) is 0 Å². The lowest BCUT2D eigenvalue weighted by molar-refractivity contribution is -0.400. The minimum atomic E-state index is -2.30. The van der Waals surface area contributed by atoms with Crippen molar-refractivity contribution < 1.29 is 30.3 Å². The van der Waals surface area contributed by atoms with Gasteiger partial charge >= 0.3 is 0 Å². The van der Waals surface area contributed by atoms with Crippen molar-refractivity contribution in [1.29, 1.82) is 0 Å². The van der Waals surface area contributed by atoms with Crippen molar-refractivity contribution in [1.82, 2.24) is 0 Å². The quantitative estimate of drug-likeness (QED) is 0.366. The second-order valence-corrected chi connectivity index (χ2v) is 9.35. The number of hydrogen-bond donors (Lipinski definition) is 5. The molecule has 0 bridgehead atoms. The Hall–Kier alpha value is -2.58. The third kappa shape index (κ3) is 4.29. The molecule has 3 aromatic carbocycles. The molecule has 3 aromatic rings. The van der Waals surface area contributed by atoms with Crippen molar-refractivity contribution >= 4 is 0 Å². The molecule has 6 nitrogen and oxygen atoms in total. The molecule has 1 heterocycles. The molecule has 1 aliphatic heterocycles. The summed E-state index contributed by atoms with van der Waals surface area (Å²) in [6.45, 7) is 1.43. The van der Waals surface area contributed by atoms with Crippen LogP contribution in [0.5, 0.6) is 0 Å². The van der Waals surface area contributed by atoms with Gasteiger partial charge in [0.15, 0.2) is 11.9 Å². The smallest absolute Gasteiger partial charge is 0.187 e. The van der Waals surface area contributed by atoms with Gasteiger partial charge in [-0.05, 0) is 23.6 Å². The first-order chi connectivity index (χ1) is 16.2. The maximum atomic E-state index is 12.4. The minimum absolute atomic E-state index is 0.115. The first-order valence-corrected chi connectivity index (χ1v) is 11.5. The molecule has 1 aliphatic rings. The van der Waals surface area contributed by atoms with Crippen LogP contribution in [0.4, 0.5) is 0 Å². The number of rotatable bonds is 7. The van der Waals surface area contributed by atoms with Crippen molar-refractivity contribution in [2.24, 2.45) is 0 Å². The maximum Gasteiger partial charge on any atom is 0.187 e. The largest absolute Gasteiger partial charge is 0.391 e. The maximum absolute atomic E-state index is 12.4. The van der Waals surface area contributed by atoms with E-state index >= 15 is 0 Å². The molecule has 5 N–H and O–H groups in total. The highest BCUT2D eigenvalue weighted by molar-refractivity contribution is 5.32. The Kier molecular flexibility index (Phi) is 6.92. The Balaban J connectivity index is 1.89. The monoisotopic (exact) mass is 464 g/mol. The Labute approximate surface area is 199 Å². The summed E-state index contributed by atoms with van der Waals surface area (Å²) in [7, 11) is 0. The van der Waals surface area contributed by atoms with Crippen LogP contribution in [-0.4, -0.2) is 60.8 Å². The lowest BCUT2D eigenvalue weighted by Crippen LogP contribution is -2.83. The highest BCUT2D eigenvalue weighted by Gasteiger charge is 2.71. The van der Waals surface area contributed by atoms with Crippen molar-refractivity contribution in [3.63, 3.8) is 0 Å². The summed E-state index contributed by atoms with van der Waals surface area (Å²) in [4.78, 5) is 0. The molecular weight excluding hydrogens is 432 g/mol. The van der Waals surface area contributed by atoms with Gasteiger partial charge in [0.05, 0.1) is 6.10 Å². The lowest BCUT2D eigenvalue weighted by Gasteiger charge is -2.61. The first-order valence-electron chi connectivity index (χ1n) is 11.5. The molecule has 0 amide bonds. The molecule has 0 saturated carbocycles. The van der Waals surface area contributed by atoms with E-state index in [1.807, 2.05) is 18.2 Å². The molecule has 0 radical (unpaired) electrons. The van der Waals surface area contributed by atoms with Crippen LogP contribution in [0.25, 0.3) is 0 Å². The van der Waals surface area contributed by atoms with Gasteiger partial charge in [-0.1, -0.05) is 91.0 Å². The highest BCUT2D eigenvalue weighted by Crippen LogP contribution is 2.49. The van der Waals surface area contributed by atoms with Crippen LogP contribution >= 0.6 is 0 Å². The fraction of sp³-hybridized carbons (Fsp3) is 0.357. The Morgan fingerprint density at radius 3 is 1.47 bits per heavy atom. The standard InChI is InChI=1S/C28H32O6/c1-20(29)24-26(31,17-21-11-5-2-6-12-21)28(33,19-23-15-9-4-10-16-23)27(32,25(30)34-24)18-22-13-7-3-8-14-22/h2-16,20,24-25,29-33H,17-19H2,1H3/t20?,24-,25?,26-,27+,28+/m0/s1. The van der Waals surface area contributed by atoms with E-state index in [4.69, 9.17) is 4.74 Å². The third-order valence-electron chi connectivity index (χ3n) is 6.96. The van der Waals surface area contributed by atoms with Crippen LogP contribution in [0.3, 0.4) is 0 Å². The zero-order valence-corrected chi connectivity index (χ0v) is 19.2. The molecule has 1 fully saturated rings. The van der Waals surface area contributed by atoms with Crippen LogP contribution in [0.15, 0.2) is 91.0 Å². The van der Waals surface area contributed by atoms with Crippen LogP contribution in [0, 0.1) is 0 Å². The van der Waals surface area contributed by atoms with E-state index in [1.54, 1.807) is 72.8 Å². The lowest BCUT2D eigenvalue weighted by atomic mass is 9.59. The second-order valence-electron chi connectivity index (χ2n) is 9.35. The summed E-state index contributed by atoms with van der Waals surface area (Å²) in [5, 5.41) is 58.3. The zero-order valence-electron chi connectivity index (χ0n) is 19.2. The Morgan fingerprint density at radius 1 is 0.676 bits per heavy atom. The van der Waals surface area contributed by atoms with Gasteiger partial charge in [0, 0.05) is 19.3 Å². The fourth-order valence-electron chi connectivity index (χ4n) is 5.18. The van der Waals surface area contributed by atoms with Crippen molar-refractivity contribution in [2.45, 2.75) is 61.5 Å². The summed E-state index contributed by atoms with van der Waals surface area (Å²) in [5.74, 6) is 0. The van der Waals surface area contributed by atoms with Gasteiger partial charge in [-0.2, -0.15) is 0 Å². The predicted octanol–water partition coefficient (Wildman–Crippen LogP) is 2.01. The van der Waals surface area contributed by atoms with Crippen molar-refractivity contribution in [3.05, 3.63) is 108 Å². The molecule has 0 spiro atoms. The summed E-state index contributed by atoms with van der Waals surface area (Å²) in [6.07, 6.45) is -4.95. The number of benzene rings is 3. The molecule has 180 valence electrons. The molecule has 2 unspecified atom stereocenters. The normalized spacial score (nSPS) is 32.3. The predicted molar refractivity (Wildman–Crippen MR) is 128 cm³/mol. The second kappa shape index (κ2) is 9.58. The molecule has 1 saturated heterocycles.